The van der Waals surface area contributed by atoms with E-state index in [9.17, 15) is 17.2 Å². The summed E-state index contributed by atoms with van der Waals surface area (Å²) in [7, 11) is 0.869. The molecule has 1 aromatic heterocycles. The molecule has 4 nitrogen and oxygen atoms in total. The molecule has 0 atom stereocenters. The molecule has 8 heteroatoms. The van der Waals surface area contributed by atoms with Crippen molar-refractivity contribution in [2.24, 2.45) is 5.73 Å². The minimum absolute atomic E-state index is 0.0482. The van der Waals surface area contributed by atoms with Crippen molar-refractivity contribution in [1.82, 2.24) is 4.98 Å². The molecular formula is C7H7ClF2N2O2S. The number of aromatic nitrogens is 1. The molecule has 0 aliphatic carbocycles. The van der Waals surface area contributed by atoms with E-state index in [0.717, 1.165) is 12.1 Å². The first-order valence-electron chi connectivity index (χ1n) is 3.78. The monoisotopic (exact) mass is 256 g/mol. The SMILES string of the molecule is NCc1cc(C(F)F)cc(S(=O)(=O)Cl)n1. The van der Waals surface area contributed by atoms with Gasteiger partial charge < -0.3 is 5.73 Å². The predicted octanol–water partition coefficient (Wildman–Crippen LogP) is 1.41. The Hall–Kier alpha value is -0.790. The van der Waals surface area contributed by atoms with Gasteiger partial charge in [0, 0.05) is 22.8 Å². The maximum atomic E-state index is 12.3. The lowest BCUT2D eigenvalue weighted by Crippen LogP contribution is -2.05. The highest BCUT2D eigenvalue weighted by molar-refractivity contribution is 8.13. The second kappa shape index (κ2) is 4.38. The highest BCUT2D eigenvalue weighted by Gasteiger charge is 2.17. The van der Waals surface area contributed by atoms with E-state index in [0.29, 0.717) is 0 Å². The molecule has 0 unspecified atom stereocenters. The van der Waals surface area contributed by atoms with Gasteiger partial charge >= 0.3 is 0 Å². The maximum Gasteiger partial charge on any atom is 0.278 e. The predicted molar refractivity (Wildman–Crippen MR) is 50.1 cm³/mol. The smallest absolute Gasteiger partial charge is 0.278 e. The van der Waals surface area contributed by atoms with Crippen LogP contribution in [-0.4, -0.2) is 13.4 Å². The summed E-state index contributed by atoms with van der Waals surface area (Å²) in [6.45, 7) is -0.139. The quantitative estimate of drug-likeness (QED) is 0.830. The van der Waals surface area contributed by atoms with Gasteiger partial charge in [0.25, 0.3) is 15.5 Å². The Kier molecular flexibility index (Phi) is 3.58. The van der Waals surface area contributed by atoms with Gasteiger partial charge in [0.15, 0.2) is 5.03 Å². The van der Waals surface area contributed by atoms with Crippen molar-refractivity contribution in [2.75, 3.05) is 0 Å². The molecule has 1 rings (SSSR count). The molecule has 15 heavy (non-hydrogen) atoms. The lowest BCUT2D eigenvalue weighted by molar-refractivity contribution is 0.151. The normalized spacial score (nSPS) is 12.1. The van der Waals surface area contributed by atoms with Crippen molar-refractivity contribution in [3.63, 3.8) is 0 Å². The Morgan fingerprint density at radius 3 is 2.47 bits per heavy atom. The average Bonchev–Trinajstić information content (AvgIpc) is 2.15. The maximum absolute atomic E-state index is 12.3. The summed E-state index contributed by atoms with van der Waals surface area (Å²) in [5, 5.41) is -0.609. The Morgan fingerprint density at radius 1 is 1.47 bits per heavy atom. The molecule has 84 valence electrons. The molecule has 1 aromatic rings. The number of hydrogen-bond acceptors (Lipinski definition) is 4. The van der Waals surface area contributed by atoms with Crippen LogP contribution in [0.5, 0.6) is 0 Å². The lowest BCUT2D eigenvalue weighted by atomic mass is 10.2. The molecule has 0 bridgehead atoms. The summed E-state index contributed by atoms with van der Waals surface area (Å²) in [6, 6.07) is 1.77. The summed E-state index contributed by atoms with van der Waals surface area (Å²) >= 11 is 0. The first-order valence-corrected chi connectivity index (χ1v) is 6.09. The van der Waals surface area contributed by atoms with Crippen LogP contribution < -0.4 is 5.73 Å². The van der Waals surface area contributed by atoms with Crippen LogP contribution in [-0.2, 0) is 15.6 Å². The van der Waals surface area contributed by atoms with Crippen molar-refractivity contribution in [3.05, 3.63) is 23.4 Å². The largest absolute Gasteiger partial charge is 0.325 e. The van der Waals surface area contributed by atoms with E-state index in [1.54, 1.807) is 0 Å². The summed E-state index contributed by atoms with van der Waals surface area (Å²) in [6.07, 6.45) is -2.80. The van der Waals surface area contributed by atoms with Gasteiger partial charge in [-0.05, 0) is 12.1 Å². The highest BCUT2D eigenvalue weighted by Crippen LogP contribution is 2.23. The fraction of sp³-hybridized carbons (Fsp3) is 0.286. The van der Waals surface area contributed by atoms with Crippen LogP contribution in [0.1, 0.15) is 17.7 Å². The van der Waals surface area contributed by atoms with Crippen LogP contribution in [0, 0.1) is 0 Å². The van der Waals surface area contributed by atoms with E-state index >= 15 is 0 Å². The number of pyridine rings is 1. The molecule has 0 aliphatic rings. The molecule has 2 N–H and O–H groups in total. The number of alkyl halides is 2. The van der Waals surface area contributed by atoms with Crippen molar-refractivity contribution in [3.8, 4) is 0 Å². The van der Waals surface area contributed by atoms with Gasteiger partial charge in [0.05, 0.1) is 5.69 Å². The second-order valence-electron chi connectivity index (χ2n) is 2.67. The van der Waals surface area contributed by atoms with Gasteiger partial charge in [-0.15, -0.1) is 0 Å². The average molecular weight is 257 g/mol. The van der Waals surface area contributed by atoms with Crippen LogP contribution in [0.4, 0.5) is 8.78 Å². The van der Waals surface area contributed by atoms with Crippen LogP contribution >= 0.6 is 10.7 Å². The number of nitrogens with zero attached hydrogens (tertiary/aromatic N) is 1. The summed E-state index contributed by atoms with van der Waals surface area (Å²) in [4.78, 5) is 3.53. The molecule has 0 aromatic carbocycles. The molecule has 0 amide bonds. The van der Waals surface area contributed by atoms with Gasteiger partial charge in [-0.2, -0.15) is 0 Å². The molecular weight excluding hydrogens is 250 g/mol. The Morgan fingerprint density at radius 2 is 2.07 bits per heavy atom. The molecule has 0 saturated carbocycles. The van der Waals surface area contributed by atoms with E-state index in [2.05, 4.69) is 4.98 Å². The number of nitrogens with two attached hydrogens (primary N) is 1. The minimum Gasteiger partial charge on any atom is -0.325 e. The third-order valence-electron chi connectivity index (χ3n) is 1.59. The zero-order valence-corrected chi connectivity index (χ0v) is 8.89. The fourth-order valence-electron chi connectivity index (χ4n) is 0.938. The standard InChI is InChI=1S/C7H7ClF2N2O2S/c8-15(13,14)6-2-4(7(9)10)1-5(3-11)12-6/h1-2,7H,3,11H2. The van der Waals surface area contributed by atoms with Crippen LogP contribution in [0.2, 0.25) is 0 Å². The van der Waals surface area contributed by atoms with Crippen LogP contribution in [0.3, 0.4) is 0 Å². The van der Waals surface area contributed by atoms with E-state index in [1.807, 2.05) is 0 Å². The molecule has 0 radical (unpaired) electrons. The number of halogens is 3. The van der Waals surface area contributed by atoms with Crippen molar-refractivity contribution < 1.29 is 17.2 Å². The Labute approximate surface area is 89.5 Å². The Balaban J connectivity index is 3.36. The van der Waals surface area contributed by atoms with Crippen LogP contribution in [0.15, 0.2) is 17.2 Å². The summed E-state index contributed by atoms with van der Waals surface area (Å²) in [5.41, 5.74) is 4.77. The minimum atomic E-state index is -4.12. The van der Waals surface area contributed by atoms with Gasteiger partial charge in [0.2, 0.25) is 0 Å². The molecule has 0 spiro atoms. The summed E-state index contributed by atoms with van der Waals surface area (Å²) in [5.74, 6) is 0. The third kappa shape index (κ3) is 3.08. The lowest BCUT2D eigenvalue weighted by Gasteiger charge is -2.04. The van der Waals surface area contributed by atoms with Gasteiger partial charge in [-0.25, -0.2) is 22.2 Å². The van der Waals surface area contributed by atoms with Crippen molar-refractivity contribution >= 4 is 19.7 Å². The van der Waals surface area contributed by atoms with Gasteiger partial charge in [-0.3, -0.25) is 0 Å². The summed E-state index contributed by atoms with van der Waals surface area (Å²) < 4.78 is 46.5. The van der Waals surface area contributed by atoms with Crippen molar-refractivity contribution in [2.45, 2.75) is 18.0 Å². The molecule has 1 heterocycles. The van der Waals surface area contributed by atoms with Crippen molar-refractivity contribution in [1.29, 1.82) is 0 Å². The third-order valence-corrected chi connectivity index (χ3v) is 2.77. The Bertz CT molecular complexity index is 464. The zero-order valence-electron chi connectivity index (χ0n) is 7.32. The van der Waals surface area contributed by atoms with Gasteiger partial charge in [0.1, 0.15) is 0 Å². The highest BCUT2D eigenvalue weighted by atomic mass is 35.7. The first kappa shape index (κ1) is 12.3. The number of hydrogen-bond donors (Lipinski definition) is 1. The zero-order chi connectivity index (χ0) is 11.6. The second-order valence-corrected chi connectivity index (χ2v) is 5.19. The van der Waals surface area contributed by atoms with Crippen LogP contribution in [0.25, 0.3) is 0 Å². The first-order chi connectivity index (χ1) is 6.84. The van der Waals surface area contributed by atoms with E-state index in [-0.39, 0.29) is 12.2 Å². The molecule has 0 saturated heterocycles. The fourth-order valence-corrected chi connectivity index (χ4v) is 1.68. The van der Waals surface area contributed by atoms with Gasteiger partial charge in [-0.1, -0.05) is 0 Å². The van der Waals surface area contributed by atoms with E-state index < -0.39 is 26.1 Å². The number of rotatable bonds is 3. The molecule has 0 fully saturated rings. The topological polar surface area (TPSA) is 73.1 Å². The van der Waals surface area contributed by atoms with E-state index in [4.69, 9.17) is 16.4 Å². The molecule has 0 aliphatic heterocycles. The van der Waals surface area contributed by atoms with E-state index in [1.165, 1.54) is 0 Å².